The Morgan fingerprint density at radius 2 is 1.87 bits per heavy atom. The number of benzene rings is 1. The molecule has 0 saturated carbocycles. The summed E-state index contributed by atoms with van der Waals surface area (Å²) >= 11 is 0. The molecule has 0 aliphatic heterocycles. The number of nitrogens with zero attached hydrogens (tertiary/aromatic N) is 5. The molecular formula is C21H18N6O3. The van der Waals surface area contributed by atoms with Crippen LogP contribution in [-0.2, 0) is 7.05 Å². The van der Waals surface area contributed by atoms with Gasteiger partial charge in [-0.3, -0.25) is 14.2 Å². The Kier molecular flexibility index (Phi) is 5.08. The van der Waals surface area contributed by atoms with E-state index in [-0.39, 0.29) is 11.1 Å². The maximum Gasteiger partial charge on any atom is 0.263 e. The van der Waals surface area contributed by atoms with Crippen molar-refractivity contribution in [2.24, 2.45) is 7.05 Å². The normalized spacial score (nSPS) is 10.6. The lowest BCUT2D eigenvalue weighted by atomic mass is 10.2. The van der Waals surface area contributed by atoms with Crippen LogP contribution in [0.15, 0.2) is 72.2 Å². The standard InChI is InChI=1S/C21H18N6O3/c1-14-22-9-11-27(14)18-12-19(24-13-23-18)30-16-7-5-15(6-8-16)25-20(28)17-4-3-10-26(2)21(17)29/h3-13H,1-2H3,(H,25,28). The second-order valence-electron chi connectivity index (χ2n) is 6.48. The van der Waals surface area contributed by atoms with E-state index in [1.54, 1.807) is 62.0 Å². The van der Waals surface area contributed by atoms with Crippen LogP contribution >= 0.6 is 0 Å². The minimum Gasteiger partial charge on any atom is -0.439 e. The van der Waals surface area contributed by atoms with E-state index in [9.17, 15) is 9.59 Å². The third kappa shape index (κ3) is 3.95. The van der Waals surface area contributed by atoms with Crippen molar-refractivity contribution >= 4 is 11.6 Å². The van der Waals surface area contributed by atoms with Crippen LogP contribution in [0.4, 0.5) is 5.69 Å². The topological polar surface area (TPSA) is 104 Å². The van der Waals surface area contributed by atoms with Crippen LogP contribution in [0.2, 0.25) is 0 Å². The van der Waals surface area contributed by atoms with Crippen molar-refractivity contribution in [1.29, 1.82) is 0 Å². The molecule has 4 aromatic rings. The SMILES string of the molecule is Cc1nccn1-c1cc(Oc2ccc(NC(=O)c3cccn(C)c3=O)cc2)ncn1. The summed E-state index contributed by atoms with van der Waals surface area (Å²) in [7, 11) is 1.60. The zero-order valence-electron chi connectivity index (χ0n) is 16.3. The second-order valence-corrected chi connectivity index (χ2v) is 6.48. The molecule has 0 radical (unpaired) electrons. The number of hydrogen-bond donors (Lipinski definition) is 1. The van der Waals surface area contributed by atoms with Gasteiger partial charge in [0.1, 0.15) is 29.3 Å². The number of aryl methyl sites for hydroxylation is 2. The Labute approximate surface area is 171 Å². The average Bonchev–Trinajstić information content (AvgIpc) is 3.17. The monoisotopic (exact) mass is 402 g/mol. The molecule has 0 atom stereocenters. The fourth-order valence-electron chi connectivity index (χ4n) is 2.83. The van der Waals surface area contributed by atoms with Gasteiger partial charge >= 0.3 is 0 Å². The summed E-state index contributed by atoms with van der Waals surface area (Å²) in [6.45, 7) is 1.88. The molecule has 150 valence electrons. The van der Waals surface area contributed by atoms with Crippen molar-refractivity contribution in [2.45, 2.75) is 6.92 Å². The summed E-state index contributed by atoms with van der Waals surface area (Å²) in [5.74, 6) is 1.88. The van der Waals surface area contributed by atoms with Gasteiger partial charge < -0.3 is 14.6 Å². The van der Waals surface area contributed by atoms with E-state index in [1.807, 2.05) is 11.5 Å². The summed E-state index contributed by atoms with van der Waals surface area (Å²) in [5, 5.41) is 2.71. The van der Waals surface area contributed by atoms with Gasteiger partial charge in [-0.2, -0.15) is 0 Å². The van der Waals surface area contributed by atoms with Crippen molar-refractivity contribution in [3.8, 4) is 17.4 Å². The number of hydrogen-bond acceptors (Lipinski definition) is 6. The Balaban J connectivity index is 1.47. The molecule has 0 aliphatic rings. The molecule has 9 nitrogen and oxygen atoms in total. The highest BCUT2D eigenvalue weighted by Gasteiger charge is 2.11. The average molecular weight is 402 g/mol. The zero-order valence-corrected chi connectivity index (χ0v) is 16.3. The molecular weight excluding hydrogens is 384 g/mol. The quantitative estimate of drug-likeness (QED) is 0.550. The first-order valence-electron chi connectivity index (χ1n) is 9.08. The molecule has 0 saturated heterocycles. The molecule has 3 heterocycles. The van der Waals surface area contributed by atoms with Gasteiger partial charge in [0.2, 0.25) is 5.88 Å². The van der Waals surface area contributed by atoms with E-state index in [2.05, 4.69) is 20.3 Å². The van der Waals surface area contributed by atoms with Crippen LogP contribution in [0, 0.1) is 6.92 Å². The van der Waals surface area contributed by atoms with Gasteiger partial charge in [-0.05, 0) is 43.3 Å². The van der Waals surface area contributed by atoms with Crippen LogP contribution < -0.4 is 15.6 Å². The van der Waals surface area contributed by atoms with Gasteiger partial charge in [0, 0.05) is 37.4 Å². The number of rotatable bonds is 5. The summed E-state index contributed by atoms with van der Waals surface area (Å²) in [6.07, 6.45) is 6.51. The Morgan fingerprint density at radius 1 is 1.07 bits per heavy atom. The largest absolute Gasteiger partial charge is 0.439 e. The summed E-state index contributed by atoms with van der Waals surface area (Å²) in [6, 6.07) is 11.6. The van der Waals surface area contributed by atoms with Crippen LogP contribution in [0.5, 0.6) is 11.6 Å². The number of carbonyl (C=O) groups is 1. The molecule has 0 aliphatic carbocycles. The van der Waals surface area contributed by atoms with Crippen molar-refractivity contribution in [1.82, 2.24) is 24.1 Å². The lowest BCUT2D eigenvalue weighted by molar-refractivity contribution is 0.102. The predicted molar refractivity (Wildman–Crippen MR) is 110 cm³/mol. The number of ether oxygens (including phenoxy) is 1. The highest BCUT2D eigenvalue weighted by atomic mass is 16.5. The maximum absolute atomic E-state index is 12.4. The van der Waals surface area contributed by atoms with Crippen molar-refractivity contribution in [3.05, 3.63) is 89.1 Å². The third-order valence-corrected chi connectivity index (χ3v) is 4.40. The van der Waals surface area contributed by atoms with Gasteiger partial charge in [-0.25, -0.2) is 15.0 Å². The van der Waals surface area contributed by atoms with Crippen LogP contribution in [0.3, 0.4) is 0 Å². The highest BCUT2D eigenvalue weighted by Crippen LogP contribution is 2.22. The molecule has 1 aromatic carbocycles. The van der Waals surface area contributed by atoms with E-state index >= 15 is 0 Å². The molecule has 0 fully saturated rings. The molecule has 0 unspecified atom stereocenters. The van der Waals surface area contributed by atoms with Crippen molar-refractivity contribution in [2.75, 3.05) is 5.32 Å². The molecule has 9 heteroatoms. The number of aromatic nitrogens is 5. The molecule has 1 N–H and O–H groups in total. The number of pyridine rings is 1. The lowest BCUT2D eigenvalue weighted by Gasteiger charge is -2.09. The van der Waals surface area contributed by atoms with E-state index < -0.39 is 5.91 Å². The summed E-state index contributed by atoms with van der Waals surface area (Å²) in [5.41, 5.74) is 0.252. The number of amides is 1. The molecule has 0 spiro atoms. The van der Waals surface area contributed by atoms with Gasteiger partial charge in [0.15, 0.2) is 0 Å². The van der Waals surface area contributed by atoms with Crippen LogP contribution in [0.1, 0.15) is 16.2 Å². The van der Waals surface area contributed by atoms with E-state index in [0.29, 0.717) is 23.1 Å². The predicted octanol–water partition coefficient (Wildman–Crippen LogP) is 2.71. The van der Waals surface area contributed by atoms with Crippen LogP contribution in [0.25, 0.3) is 5.82 Å². The van der Waals surface area contributed by atoms with Crippen molar-refractivity contribution < 1.29 is 9.53 Å². The Bertz CT molecular complexity index is 1260. The van der Waals surface area contributed by atoms with E-state index in [0.717, 1.165) is 5.82 Å². The molecule has 0 bridgehead atoms. The summed E-state index contributed by atoms with van der Waals surface area (Å²) < 4.78 is 8.96. The van der Waals surface area contributed by atoms with Gasteiger partial charge in [-0.1, -0.05) is 0 Å². The third-order valence-electron chi connectivity index (χ3n) is 4.40. The fourth-order valence-corrected chi connectivity index (χ4v) is 2.83. The molecule has 4 rings (SSSR count). The fraction of sp³-hybridized carbons (Fsp3) is 0.0952. The Hall–Kier alpha value is -4.27. The van der Waals surface area contributed by atoms with Gasteiger partial charge in [0.05, 0.1) is 0 Å². The Morgan fingerprint density at radius 3 is 2.60 bits per heavy atom. The molecule has 30 heavy (non-hydrogen) atoms. The first-order chi connectivity index (χ1) is 14.5. The second kappa shape index (κ2) is 8.00. The number of imidazole rings is 1. The molecule has 3 aromatic heterocycles. The zero-order chi connectivity index (χ0) is 21.1. The van der Waals surface area contributed by atoms with E-state index in [1.165, 1.54) is 17.0 Å². The van der Waals surface area contributed by atoms with Gasteiger partial charge in [0.25, 0.3) is 11.5 Å². The first kappa shape index (κ1) is 19.1. The van der Waals surface area contributed by atoms with E-state index in [4.69, 9.17) is 4.74 Å². The summed E-state index contributed by atoms with van der Waals surface area (Å²) in [4.78, 5) is 37.0. The minimum atomic E-state index is -0.471. The van der Waals surface area contributed by atoms with Crippen LogP contribution in [-0.4, -0.2) is 30.0 Å². The van der Waals surface area contributed by atoms with Crippen molar-refractivity contribution in [3.63, 3.8) is 0 Å². The smallest absolute Gasteiger partial charge is 0.263 e. The number of nitrogens with one attached hydrogen (secondary N) is 1. The number of carbonyl (C=O) groups excluding carboxylic acids is 1. The highest BCUT2D eigenvalue weighted by molar-refractivity contribution is 6.03. The number of anilines is 1. The first-order valence-corrected chi connectivity index (χ1v) is 9.08. The lowest BCUT2D eigenvalue weighted by Crippen LogP contribution is -2.26. The van der Waals surface area contributed by atoms with Gasteiger partial charge in [-0.15, -0.1) is 0 Å². The molecule has 1 amide bonds. The minimum absolute atomic E-state index is 0.0728. The maximum atomic E-state index is 12.4.